The molecule has 0 saturated carbocycles. The van der Waals surface area contributed by atoms with Crippen LogP contribution in [-0.2, 0) is 26.2 Å². The lowest BCUT2D eigenvalue weighted by Gasteiger charge is -2.29. The standard InChI is InChI=1S/C27H38ClN3O4S/c1-19(2)17-29-27(33)22(5)30(18-23-10-12-24(28)13-11-23)26(32)8-7-15-31(36(6,34)35)25-14-9-20(3)21(4)16-25/h9-14,16,19,22H,7-8,15,17-18H2,1-6H3,(H,29,33)/t22-/m1/s1. The topological polar surface area (TPSA) is 86.8 Å². The molecule has 2 amide bonds. The Hall–Kier alpha value is -2.58. The molecule has 0 aliphatic heterocycles. The van der Waals surface area contributed by atoms with Crippen molar-refractivity contribution in [1.82, 2.24) is 10.2 Å². The Morgan fingerprint density at radius 3 is 2.19 bits per heavy atom. The van der Waals surface area contributed by atoms with Gasteiger partial charge in [-0.1, -0.05) is 43.6 Å². The van der Waals surface area contributed by atoms with Gasteiger partial charge in [0.25, 0.3) is 0 Å². The Balaban J connectivity index is 2.17. The van der Waals surface area contributed by atoms with Crippen LogP contribution in [0.5, 0.6) is 0 Å². The van der Waals surface area contributed by atoms with Crippen molar-refractivity contribution in [3.05, 3.63) is 64.2 Å². The fraction of sp³-hybridized carbons (Fsp3) is 0.481. The Morgan fingerprint density at radius 1 is 1.00 bits per heavy atom. The number of nitrogens with zero attached hydrogens (tertiary/aromatic N) is 2. The van der Waals surface area contributed by atoms with E-state index in [1.165, 1.54) is 4.31 Å². The second kappa shape index (κ2) is 13.1. The van der Waals surface area contributed by atoms with Crippen LogP contribution in [-0.4, -0.2) is 50.5 Å². The van der Waals surface area contributed by atoms with Gasteiger partial charge in [-0.05, 0) is 74.1 Å². The number of carbonyl (C=O) groups excluding carboxylic acids is 2. The molecule has 2 aromatic carbocycles. The van der Waals surface area contributed by atoms with Gasteiger partial charge in [0.1, 0.15) is 6.04 Å². The molecule has 1 atom stereocenters. The van der Waals surface area contributed by atoms with E-state index in [9.17, 15) is 18.0 Å². The molecule has 0 unspecified atom stereocenters. The summed E-state index contributed by atoms with van der Waals surface area (Å²) in [5.41, 5.74) is 3.49. The predicted octanol–water partition coefficient (Wildman–Crippen LogP) is 4.69. The van der Waals surface area contributed by atoms with Crippen molar-refractivity contribution < 1.29 is 18.0 Å². The summed E-state index contributed by atoms with van der Waals surface area (Å²) >= 11 is 6.00. The van der Waals surface area contributed by atoms with Gasteiger partial charge >= 0.3 is 0 Å². The van der Waals surface area contributed by atoms with E-state index < -0.39 is 16.1 Å². The first-order chi connectivity index (χ1) is 16.8. The molecular formula is C27H38ClN3O4S. The average Bonchev–Trinajstić information content (AvgIpc) is 2.80. The molecule has 2 rings (SSSR count). The van der Waals surface area contributed by atoms with Gasteiger partial charge in [0.15, 0.2) is 0 Å². The summed E-state index contributed by atoms with van der Waals surface area (Å²) in [6.45, 7) is 10.6. The van der Waals surface area contributed by atoms with Crippen LogP contribution in [0.4, 0.5) is 5.69 Å². The predicted molar refractivity (Wildman–Crippen MR) is 147 cm³/mol. The van der Waals surface area contributed by atoms with Crippen LogP contribution in [0, 0.1) is 19.8 Å². The first kappa shape index (κ1) is 29.6. The van der Waals surface area contributed by atoms with Gasteiger partial charge in [-0.15, -0.1) is 0 Å². The molecule has 0 fully saturated rings. The van der Waals surface area contributed by atoms with Crippen LogP contribution in [0.25, 0.3) is 0 Å². The number of aryl methyl sites for hydroxylation is 2. The summed E-state index contributed by atoms with van der Waals surface area (Å²) in [7, 11) is -3.53. The zero-order valence-corrected chi connectivity index (χ0v) is 23.6. The summed E-state index contributed by atoms with van der Waals surface area (Å²) < 4.78 is 26.3. The number of rotatable bonds is 12. The third-order valence-electron chi connectivity index (χ3n) is 6.05. The molecule has 0 aliphatic carbocycles. The highest BCUT2D eigenvalue weighted by molar-refractivity contribution is 7.92. The van der Waals surface area contributed by atoms with Gasteiger partial charge in [0.05, 0.1) is 11.9 Å². The molecule has 36 heavy (non-hydrogen) atoms. The van der Waals surface area contributed by atoms with E-state index >= 15 is 0 Å². The minimum atomic E-state index is -3.53. The van der Waals surface area contributed by atoms with E-state index in [1.807, 2.05) is 52.0 Å². The third kappa shape index (κ3) is 8.82. The average molecular weight is 536 g/mol. The van der Waals surface area contributed by atoms with Crippen molar-refractivity contribution in [3.63, 3.8) is 0 Å². The van der Waals surface area contributed by atoms with Crippen LogP contribution < -0.4 is 9.62 Å². The smallest absolute Gasteiger partial charge is 0.242 e. The van der Waals surface area contributed by atoms with Crippen molar-refractivity contribution in [3.8, 4) is 0 Å². The molecule has 2 aromatic rings. The number of amides is 2. The van der Waals surface area contributed by atoms with Crippen molar-refractivity contribution in [1.29, 1.82) is 0 Å². The molecule has 0 saturated heterocycles. The number of anilines is 1. The first-order valence-electron chi connectivity index (χ1n) is 12.2. The van der Waals surface area contributed by atoms with E-state index in [0.717, 1.165) is 22.9 Å². The number of sulfonamides is 1. The third-order valence-corrected chi connectivity index (χ3v) is 7.49. The Labute approximate surface area is 220 Å². The molecule has 1 N–H and O–H groups in total. The lowest BCUT2D eigenvalue weighted by Crippen LogP contribution is -2.48. The molecule has 0 radical (unpaired) electrons. The van der Waals surface area contributed by atoms with Crippen molar-refractivity contribution in [2.75, 3.05) is 23.7 Å². The number of halogens is 1. The second-order valence-electron chi connectivity index (χ2n) is 9.67. The van der Waals surface area contributed by atoms with Crippen molar-refractivity contribution in [2.24, 2.45) is 5.92 Å². The van der Waals surface area contributed by atoms with Crippen molar-refractivity contribution in [2.45, 2.75) is 60.0 Å². The van der Waals surface area contributed by atoms with E-state index in [0.29, 0.717) is 23.7 Å². The molecule has 0 spiro atoms. The number of nitrogens with one attached hydrogen (secondary N) is 1. The summed E-state index contributed by atoms with van der Waals surface area (Å²) in [6, 6.07) is 12.0. The van der Waals surface area contributed by atoms with E-state index in [-0.39, 0.29) is 37.2 Å². The van der Waals surface area contributed by atoms with Gasteiger partial charge < -0.3 is 10.2 Å². The maximum absolute atomic E-state index is 13.3. The van der Waals surface area contributed by atoms with Crippen LogP contribution in [0.15, 0.2) is 42.5 Å². The molecule has 198 valence electrons. The number of benzene rings is 2. The SMILES string of the molecule is Cc1ccc(N(CCCC(=O)N(Cc2ccc(Cl)cc2)[C@H](C)C(=O)NCC(C)C)S(C)(=O)=O)cc1C. The normalized spacial score (nSPS) is 12.3. The summed E-state index contributed by atoms with van der Waals surface area (Å²) in [5.74, 6) is -0.154. The van der Waals surface area contributed by atoms with Gasteiger partial charge in [0, 0.05) is 31.1 Å². The fourth-order valence-corrected chi connectivity index (χ4v) is 4.79. The summed E-state index contributed by atoms with van der Waals surface area (Å²) in [6.07, 6.45) is 1.58. The molecule has 7 nitrogen and oxygen atoms in total. The lowest BCUT2D eigenvalue weighted by atomic mass is 10.1. The van der Waals surface area contributed by atoms with E-state index in [4.69, 9.17) is 11.6 Å². The number of hydrogen-bond acceptors (Lipinski definition) is 4. The van der Waals surface area contributed by atoms with Crippen LogP contribution in [0.3, 0.4) is 0 Å². The summed E-state index contributed by atoms with van der Waals surface area (Å²) in [4.78, 5) is 27.6. The van der Waals surface area contributed by atoms with Gasteiger partial charge in [-0.3, -0.25) is 13.9 Å². The maximum atomic E-state index is 13.3. The first-order valence-corrected chi connectivity index (χ1v) is 14.4. The quantitative estimate of drug-likeness (QED) is 0.427. The zero-order chi connectivity index (χ0) is 27.0. The Morgan fingerprint density at radius 2 is 1.64 bits per heavy atom. The minimum Gasteiger partial charge on any atom is -0.354 e. The fourth-order valence-electron chi connectivity index (χ4n) is 3.71. The minimum absolute atomic E-state index is 0.103. The molecule has 0 aromatic heterocycles. The molecule has 0 aliphatic rings. The molecular weight excluding hydrogens is 498 g/mol. The molecule has 0 heterocycles. The molecule has 0 bridgehead atoms. The van der Waals surface area contributed by atoms with Crippen LogP contribution >= 0.6 is 11.6 Å². The lowest BCUT2D eigenvalue weighted by molar-refractivity contribution is -0.140. The largest absolute Gasteiger partial charge is 0.354 e. The monoisotopic (exact) mass is 535 g/mol. The van der Waals surface area contributed by atoms with Crippen LogP contribution in [0.2, 0.25) is 5.02 Å². The Kier molecular flexibility index (Phi) is 10.8. The van der Waals surface area contributed by atoms with Crippen LogP contribution in [0.1, 0.15) is 50.3 Å². The maximum Gasteiger partial charge on any atom is 0.242 e. The van der Waals surface area contributed by atoms with Gasteiger partial charge in [0.2, 0.25) is 21.8 Å². The number of carbonyl (C=O) groups is 2. The second-order valence-corrected chi connectivity index (χ2v) is 12.0. The Bertz CT molecular complexity index is 1150. The highest BCUT2D eigenvalue weighted by atomic mass is 35.5. The van der Waals surface area contributed by atoms with E-state index in [2.05, 4.69) is 5.32 Å². The van der Waals surface area contributed by atoms with E-state index in [1.54, 1.807) is 30.0 Å². The highest BCUT2D eigenvalue weighted by Crippen LogP contribution is 2.22. The molecule has 9 heteroatoms. The van der Waals surface area contributed by atoms with Gasteiger partial charge in [-0.2, -0.15) is 0 Å². The van der Waals surface area contributed by atoms with Crippen molar-refractivity contribution >= 4 is 39.1 Å². The summed E-state index contributed by atoms with van der Waals surface area (Å²) in [5, 5.41) is 3.49. The number of hydrogen-bond donors (Lipinski definition) is 1. The van der Waals surface area contributed by atoms with Gasteiger partial charge in [-0.25, -0.2) is 8.42 Å². The highest BCUT2D eigenvalue weighted by Gasteiger charge is 2.26. The zero-order valence-electron chi connectivity index (χ0n) is 22.0.